The Morgan fingerprint density at radius 2 is 1.75 bits per heavy atom. The van der Waals surface area contributed by atoms with E-state index in [1.54, 1.807) is 48.5 Å². The minimum Gasteiger partial charge on any atom is -0.493 e. The van der Waals surface area contributed by atoms with Gasteiger partial charge >= 0.3 is 5.69 Å². The van der Waals surface area contributed by atoms with Gasteiger partial charge in [0.1, 0.15) is 5.56 Å². The average molecular weight is 399 g/mol. The molecule has 0 aliphatic rings. The van der Waals surface area contributed by atoms with Gasteiger partial charge in [0.25, 0.3) is 11.5 Å². The molecule has 0 bridgehead atoms. The average Bonchev–Trinajstić information content (AvgIpc) is 2.67. The summed E-state index contributed by atoms with van der Waals surface area (Å²) in [6, 6.07) is 14.7. The fourth-order valence-electron chi connectivity index (χ4n) is 2.56. The van der Waals surface area contributed by atoms with Crippen LogP contribution in [-0.4, -0.2) is 26.3 Å². The zero-order valence-corrected chi connectivity index (χ0v) is 15.4. The van der Waals surface area contributed by atoms with Gasteiger partial charge in [-0.1, -0.05) is 41.9 Å². The first kappa shape index (κ1) is 19.1. The maximum absolute atomic E-state index is 12.2. The Bertz CT molecular complexity index is 1180. The summed E-state index contributed by atoms with van der Waals surface area (Å²) in [4.78, 5) is 38.7. The highest BCUT2D eigenvalue weighted by Crippen LogP contribution is 2.17. The van der Waals surface area contributed by atoms with Gasteiger partial charge in [-0.25, -0.2) is 14.8 Å². The molecule has 0 aliphatic carbocycles. The Kier molecular flexibility index (Phi) is 5.42. The SMILES string of the molecule is CC(=NNC(=O)c1ccccc1Cl)c1c(O)n(-c2ccccc2)c(=O)[nH]c1=O. The molecular formula is C19H15ClN4O4. The van der Waals surface area contributed by atoms with Crippen LogP contribution in [0.15, 0.2) is 69.3 Å². The molecule has 1 heterocycles. The third kappa shape index (κ3) is 3.72. The van der Waals surface area contributed by atoms with E-state index in [-0.39, 0.29) is 21.9 Å². The van der Waals surface area contributed by atoms with Crippen LogP contribution in [0.25, 0.3) is 5.69 Å². The van der Waals surface area contributed by atoms with E-state index in [4.69, 9.17) is 11.6 Å². The molecule has 0 fully saturated rings. The Hall–Kier alpha value is -3.65. The largest absolute Gasteiger partial charge is 0.493 e. The first-order valence-electron chi connectivity index (χ1n) is 8.13. The van der Waals surface area contributed by atoms with Crippen LogP contribution in [-0.2, 0) is 0 Å². The van der Waals surface area contributed by atoms with Crippen molar-refractivity contribution in [1.29, 1.82) is 0 Å². The minimum absolute atomic E-state index is 0.00355. The van der Waals surface area contributed by atoms with Gasteiger partial charge in [-0.2, -0.15) is 5.10 Å². The van der Waals surface area contributed by atoms with E-state index >= 15 is 0 Å². The summed E-state index contributed by atoms with van der Waals surface area (Å²) in [6.45, 7) is 1.41. The molecular weight excluding hydrogens is 384 g/mol. The Morgan fingerprint density at radius 1 is 1.11 bits per heavy atom. The number of rotatable bonds is 4. The van der Waals surface area contributed by atoms with Crippen molar-refractivity contribution in [3.63, 3.8) is 0 Å². The van der Waals surface area contributed by atoms with E-state index in [1.807, 2.05) is 0 Å². The Morgan fingerprint density at radius 3 is 2.43 bits per heavy atom. The monoisotopic (exact) mass is 398 g/mol. The van der Waals surface area contributed by atoms with Crippen LogP contribution in [0, 0.1) is 0 Å². The van der Waals surface area contributed by atoms with Crippen molar-refractivity contribution in [1.82, 2.24) is 15.0 Å². The number of carbonyl (C=O) groups is 1. The van der Waals surface area contributed by atoms with Crippen LogP contribution in [0.5, 0.6) is 5.88 Å². The van der Waals surface area contributed by atoms with Gasteiger partial charge in [-0.3, -0.25) is 14.6 Å². The molecule has 1 amide bonds. The van der Waals surface area contributed by atoms with Crippen molar-refractivity contribution >= 4 is 23.2 Å². The number of carbonyl (C=O) groups excluding carboxylic acids is 1. The van der Waals surface area contributed by atoms with E-state index in [1.165, 1.54) is 13.0 Å². The fraction of sp³-hybridized carbons (Fsp3) is 0.0526. The zero-order chi connectivity index (χ0) is 20.3. The molecule has 3 aromatic rings. The molecule has 0 unspecified atom stereocenters. The molecule has 8 nitrogen and oxygen atoms in total. The summed E-state index contributed by atoms with van der Waals surface area (Å²) in [6.07, 6.45) is 0. The minimum atomic E-state index is -0.831. The second-order valence-corrected chi connectivity index (χ2v) is 6.15. The lowest BCUT2D eigenvalue weighted by Crippen LogP contribution is -2.33. The molecule has 3 rings (SSSR count). The second kappa shape index (κ2) is 7.93. The van der Waals surface area contributed by atoms with Crippen molar-refractivity contribution in [3.05, 3.63) is 91.6 Å². The van der Waals surface area contributed by atoms with E-state index in [0.717, 1.165) is 4.57 Å². The maximum Gasteiger partial charge on any atom is 0.335 e. The van der Waals surface area contributed by atoms with Gasteiger partial charge in [0.05, 0.1) is 22.0 Å². The smallest absolute Gasteiger partial charge is 0.335 e. The number of nitrogens with one attached hydrogen (secondary N) is 2. The number of hydrazone groups is 1. The number of aromatic amines is 1. The maximum atomic E-state index is 12.2. The number of aromatic nitrogens is 2. The van der Waals surface area contributed by atoms with Gasteiger partial charge < -0.3 is 5.11 Å². The topological polar surface area (TPSA) is 117 Å². The number of para-hydroxylation sites is 1. The number of amides is 1. The summed E-state index contributed by atoms with van der Waals surface area (Å²) in [5.74, 6) is -1.18. The number of H-pyrrole nitrogens is 1. The van der Waals surface area contributed by atoms with Crippen LogP contribution in [0.3, 0.4) is 0 Å². The van der Waals surface area contributed by atoms with Crippen LogP contribution < -0.4 is 16.7 Å². The molecule has 0 saturated carbocycles. The number of hydrogen-bond acceptors (Lipinski definition) is 5. The lowest BCUT2D eigenvalue weighted by atomic mass is 10.2. The molecule has 1 aromatic heterocycles. The molecule has 0 atom stereocenters. The highest BCUT2D eigenvalue weighted by Gasteiger charge is 2.18. The van der Waals surface area contributed by atoms with Crippen molar-refractivity contribution in [2.75, 3.05) is 0 Å². The zero-order valence-electron chi connectivity index (χ0n) is 14.6. The van der Waals surface area contributed by atoms with Crippen LogP contribution in [0.2, 0.25) is 5.02 Å². The van der Waals surface area contributed by atoms with Gasteiger partial charge in [-0.05, 0) is 31.2 Å². The summed E-state index contributed by atoms with van der Waals surface area (Å²) < 4.78 is 0.936. The van der Waals surface area contributed by atoms with Crippen LogP contribution in [0.4, 0.5) is 0 Å². The molecule has 0 radical (unpaired) electrons. The first-order chi connectivity index (χ1) is 13.4. The predicted octanol–water partition coefficient (Wildman–Crippen LogP) is 2.04. The van der Waals surface area contributed by atoms with Gasteiger partial charge in [0.15, 0.2) is 0 Å². The molecule has 0 aliphatic heterocycles. The molecule has 3 N–H and O–H groups in total. The quantitative estimate of drug-likeness (QED) is 0.460. The van der Waals surface area contributed by atoms with Crippen molar-refractivity contribution in [2.45, 2.75) is 6.92 Å². The van der Waals surface area contributed by atoms with E-state index in [9.17, 15) is 19.5 Å². The molecule has 28 heavy (non-hydrogen) atoms. The van der Waals surface area contributed by atoms with Crippen LogP contribution >= 0.6 is 11.6 Å². The van der Waals surface area contributed by atoms with Crippen molar-refractivity contribution in [3.8, 4) is 11.6 Å². The summed E-state index contributed by atoms with van der Waals surface area (Å²) in [5.41, 5.74) is 0.963. The normalized spacial score (nSPS) is 11.3. The van der Waals surface area contributed by atoms with Gasteiger partial charge in [0, 0.05) is 0 Å². The Labute approximate surface area is 163 Å². The molecule has 2 aromatic carbocycles. The van der Waals surface area contributed by atoms with Gasteiger partial charge in [-0.15, -0.1) is 0 Å². The fourth-order valence-corrected chi connectivity index (χ4v) is 2.79. The number of halogens is 1. The highest BCUT2D eigenvalue weighted by molar-refractivity contribution is 6.33. The molecule has 142 valence electrons. The third-order valence-corrected chi connectivity index (χ3v) is 4.24. The summed E-state index contributed by atoms with van der Waals surface area (Å²) in [5, 5.41) is 14.6. The van der Waals surface area contributed by atoms with E-state index in [2.05, 4.69) is 15.5 Å². The van der Waals surface area contributed by atoms with E-state index < -0.39 is 23.0 Å². The van der Waals surface area contributed by atoms with Crippen molar-refractivity contribution in [2.24, 2.45) is 5.10 Å². The lowest BCUT2D eigenvalue weighted by molar-refractivity contribution is 0.0955. The molecule has 9 heteroatoms. The highest BCUT2D eigenvalue weighted by atomic mass is 35.5. The number of hydrogen-bond donors (Lipinski definition) is 3. The molecule has 0 saturated heterocycles. The number of benzene rings is 2. The number of nitrogens with zero attached hydrogens (tertiary/aromatic N) is 2. The number of aromatic hydroxyl groups is 1. The second-order valence-electron chi connectivity index (χ2n) is 5.75. The third-order valence-electron chi connectivity index (χ3n) is 3.91. The van der Waals surface area contributed by atoms with Crippen LogP contribution in [0.1, 0.15) is 22.8 Å². The lowest BCUT2D eigenvalue weighted by Gasteiger charge is -2.11. The standard InChI is InChI=1S/C19H15ClN4O4/c1-11(22-23-16(25)13-9-5-6-10-14(13)20)15-17(26)21-19(28)24(18(15)27)12-7-3-2-4-8-12/h2-10,27H,1H3,(H,23,25)(H,21,26,28). The Balaban J connectivity index is 2.00. The predicted molar refractivity (Wildman–Crippen MR) is 105 cm³/mol. The van der Waals surface area contributed by atoms with Gasteiger partial charge in [0.2, 0.25) is 5.88 Å². The van der Waals surface area contributed by atoms with E-state index in [0.29, 0.717) is 5.69 Å². The first-order valence-corrected chi connectivity index (χ1v) is 8.51. The summed E-state index contributed by atoms with van der Waals surface area (Å²) in [7, 11) is 0. The summed E-state index contributed by atoms with van der Waals surface area (Å²) >= 11 is 5.97. The van der Waals surface area contributed by atoms with Crippen molar-refractivity contribution < 1.29 is 9.90 Å². The molecule has 0 spiro atoms.